The minimum Gasteiger partial charge on any atom is -0.295 e. The Hall–Kier alpha value is -0.850. The van der Waals surface area contributed by atoms with Crippen LogP contribution in [0.5, 0.6) is 0 Å². The number of allylic oxidation sites excluding steroid dienone is 4. The fraction of sp³-hybridized carbons (Fsp3) is 0.545. The Morgan fingerprint density at radius 1 is 1.33 bits per heavy atom. The van der Waals surface area contributed by atoms with Crippen LogP contribution in [-0.2, 0) is 4.79 Å². The maximum Gasteiger partial charge on any atom is 0.159 e. The third kappa shape index (κ3) is 0.669. The number of ketones is 1. The highest BCUT2D eigenvalue weighted by Crippen LogP contribution is 2.54. The van der Waals surface area contributed by atoms with Crippen molar-refractivity contribution in [2.24, 2.45) is 17.8 Å². The van der Waals surface area contributed by atoms with Gasteiger partial charge in [0.1, 0.15) is 0 Å². The van der Waals surface area contributed by atoms with Crippen molar-refractivity contribution in [3.8, 4) is 0 Å². The van der Waals surface area contributed by atoms with Crippen molar-refractivity contribution < 1.29 is 4.79 Å². The number of carbonyl (C=O) groups excluding carboxylic acids is 1. The maximum absolute atomic E-state index is 11.5. The minimum atomic E-state index is 0.355. The Morgan fingerprint density at radius 3 is 3.17 bits per heavy atom. The zero-order chi connectivity index (χ0) is 8.13. The molecular formula is C11H12O. The zero-order valence-corrected chi connectivity index (χ0v) is 6.99. The third-order valence-corrected chi connectivity index (χ3v) is 3.65. The lowest BCUT2D eigenvalue weighted by molar-refractivity contribution is -0.119. The van der Waals surface area contributed by atoms with E-state index in [4.69, 9.17) is 0 Å². The molecule has 0 aliphatic heterocycles. The molecule has 3 aliphatic carbocycles. The first kappa shape index (κ1) is 6.64. The second kappa shape index (κ2) is 2.09. The SMILES string of the molecule is O=C1C=CC=C2CC3CCC1C23. The van der Waals surface area contributed by atoms with Gasteiger partial charge in [-0.1, -0.05) is 17.7 Å². The summed E-state index contributed by atoms with van der Waals surface area (Å²) in [6.07, 6.45) is 9.54. The van der Waals surface area contributed by atoms with Crippen molar-refractivity contribution in [2.75, 3.05) is 0 Å². The molecule has 0 N–H and O–H groups in total. The van der Waals surface area contributed by atoms with Gasteiger partial charge in [0.05, 0.1) is 0 Å². The average Bonchev–Trinajstić information content (AvgIpc) is 2.31. The van der Waals surface area contributed by atoms with Crippen molar-refractivity contribution in [2.45, 2.75) is 19.3 Å². The summed E-state index contributed by atoms with van der Waals surface area (Å²) in [6.45, 7) is 0. The largest absolute Gasteiger partial charge is 0.295 e. The van der Waals surface area contributed by atoms with Crippen LogP contribution < -0.4 is 0 Å². The van der Waals surface area contributed by atoms with Gasteiger partial charge in [-0.05, 0) is 37.2 Å². The summed E-state index contributed by atoms with van der Waals surface area (Å²) in [5, 5.41) is 0. The minimum absolute atomic E-state index is 0.355. The van der Waals surface area contributed by atoms with Crippen LogP contribution in [0.25, 0.3) is 0 Å². The van der Waals surface area contributed by atoms with E-state index in [0.29, 0.717) is 17.6 Å². The number of hydrogen-bond acceptors (Lipinski definition) is 1. The fourth-order valence-corrected chi connectivity index (χ4v) is 3.04. The van der Waals surface area contributed by atoms with Crippen LogP contribution in [-0.4, -0.2) is 5.78 Å². The zero-order valence-electron chi connectivity index (χ0n) is 6.99. The highest BCUT2D eigenvalue weighted by atomic mass is 16.1. The molecule has 0 bridgehead atoms. The predicted octanol–water partition coefficient (Wildman–Crippen LogP) is 2.10. The van der Waals surface area contributed by atoms with Crippen molar-refractivity contribution in [1.82, 2.24) is 0 Å². The van der Waals surface area contributed by atoms with Gasteiger partial charge in [0, 0.05) is 5.92 Å². The van der Waals surface area contributed by atoms with Gasteiger partial charge in [0.25, 0.3) is 0 Å². The molecule has 0 spiro atoms. The molecule has 1 nitrogen and oxygen atoms in total. The van der Waals surface area contributed by atoms with E-state index in [0.717, 1.165) is 12.3 Å². The van der Waals surface area contributed by atoms with Crippen LogP contribution in [0.15, 0.2) is 23.8 Å². The van der Waals surface area contributed by atoms with Gasteiger partial charge in [-0.2, -0.15) is 0 Å². The molecule has 3 atom stereocenters. The Kier molecular flexibility index (Phi) is 1.16. The standard InChI is InChI=1S/C11H12O/c12-10-3-1-2-7-6-8-4-5-9(10)11(7)8/h1-3,8-9,11H,4-6H2. The molecule has 0 aromatic carbocycles. The number of hydrogen-bond donors (Lipinski definition) is 0. The Labute approximate surface area is 72.2 Å². The molecule has 0 radical (unpaired) electrons. The smallest absolute Gasteiger partial charge is 0.159 e. The van der Waals surface area contributed by atoms with Gasteiger partial charge < -0.3 is 0 Å². The first-order valence-corrected chi connectivity index (χ1v) is 4.77. The Morgan fingerprint density at radius 2 is 2.25 bits per heavy atom. The molecule has 0 aromatic heterocycles. The third-order valence-electron chi connectivity index (χ3n) is 3.65. The highest BCUT2D eigenvalue weighted by Gasteiger charge is 2.48. The average molecular weight is 160 g/mol. The normalized spacial score (nSPS) is 43.2. The van der Waals surface area contributed by atoms with Crippen LogP contribution in [0.2, 0.25) is 0 Å². The molecule has 3 rings (SSSR count). The molecule has 2 saturated carbocycles. The molecule has 0 aromatic rings. The van der Waals surface area contributed by atoms with E-state index in [1.807, 2.05) is 6.08 Å². The molecule has 2 fully saturated rings. The van der Waals surface area contributed by atoms with Crippen molar-refractivity contribution >= 4 is 5.78 Å². The summed E-state index contributed by atoms with van der Waals surface area (Å²) in [7, 11) is 0. The van der Waals surface area contributed by atoms with E-state index < -0.39 is 0 Å². The molecule has 0 amide bonds. The first-order chi connectivity index (χ1) is 5.86. The number of rotatable bonds is 0. The summed E-state index contributed by atoms with van der Waals surface area (Å²) < 4.78 is 0. The summed E-state index contributed by atoms with van der Waals surface area (Å²) in [5.74, 6) is 2.22. The van der Waals surface area contributed by atoms with Gasteiger partial charge >= 0.3 is 0 Å². The Bertz CT molecular complexity index is 298. The Balaban J connectivity index is 2.03. The van der Waals surface area contributed by atoms with Crippen LogP contribution in [0.3, 0.4) is 0 Å². The lowest BCUT2D eigenvalue weighted by atomic mass is 9.68. The van der Waals surface area contributed by atoms with Crippen molar-refractivity contribution in [1.29, 1.82) is 0 Å². The van der Waals surface area contributed by atoms with E-state index in [1.165, 1.54) is 18.4 Å². The van der Waals surface area contributed by atoms with Gasteiger partial charge in [0.2, 0.25) is 0 Å². The van der Waals surface area contributed by atoms with Gasteiger partial charge in [-0.25, -0.2) is 0 Å². The fourth-order valence-electron chi connectivity index (χ4n) is 3.04. The van der Waals surface area contributed by atoms with Crippen molar-refractivity contribution in [3.05, 3.63) is 23.8 Å². The van der Waals surface area contributed by atoms with E-state index >= 15 is 0 Å². The summed E-state index contributed by atoms with van der Waals surface area (Å²) >= 11 is 0. The second-order valence-corrected chi connectivity index (χ2v) is 4.18. The number of carbonyl (C=O) groups is 1. The van der Waals surface area contributed by atoms with E-state index in [-0.39, 0.29) is 0 Å². The molecule has 62 valence electrons. The molecule has 0 heterocycles. The molecule has 1 heteroatoms. The summed E-state index contributed by atoms with van der Waals surface area (Å²) in [4.78, 5) is 11.5. The van der Waals surface area contributed by atoms with Gasteiger partial charge in [0.15, 0.2) is 5.78 Å². The predicted molar refractivity (Wildman–Crippen MR) is 46.6 cm³/mol. The molecule has 12 heavy (non-hydrogen) atoms. The first-order valence-electron chi connectivity index (χ1n) is 4.77. The summed E-state index contributed by atoms with van der Waals surface area (Å²) in [6, 6.07) is 0. The van der Waals surface area contributed by atoms with E-state index in [2.05, 4.69) is 6.08 Å². The quantitative estimate of drug-likeness (QED) is 0.530. The maximum atomic E-state index is 11.5. The monoisotopic (exact) mass is 160 g/mol. The van der Waals surface area contributed by atoms with Gasteiger partial charge in [-0.15, -0.1) is 0 Å². The molecular weight excluding hydrogens is 148 g/mol. The highest BCUT2D eigenvalue weighted by molar-refractivity contribution is 5.93. The van der Waals surface area contributed by atoms with Crippen LogP contribution in [0, 0.1) is 17.8 Å². The summed E-state index contributed by atoms with van der Waals surface area (Å²) in [5.41, 5.74) is 1.53. The topological polar surface area (TPSA) is 17.1 Å². The van der Waals surface area contributed by atoms with Crippen molar-refractivity contribution in [3.63, 3.8) is 0 Å². The van der Waals surface area contributed by atoms with E-state index in [9.17, 15) is 4.79 Å². The molecule has 3 aliphatic rings. The van der Waals surface area contributed by atoms with Crippen LogP contribution in [0.1, 0.15) is 19.3 Å². The molecule has 3 unspecified atom stereocenters. The lowest BCUT2D eigenvalue weighted by Gasteiger charge is -2.36. The van der Waals surface area contributed by atoms with Crippen LogP contribution >= 0.6 is 0 Å². The lowest BCUT2D eigenvalue weighted by Crippen LogP contribution is -2.30. The van der Waals surface area contributed by atoms with Crippen LogP contribution in [0.4, 0.5) is 0 Å². The van der Waals surface area contributed by atoms with Gasteiger partial charge in [-0.3, -0.25) is 4.79 Å². The second-order valence-electron chi connectivity index (χ2n) is 4.18. The molecule has 0 saturated heterocycles. The van der Waals surface area contributed by atoms with E-state index in [1.54, 1.807) is 6.08 Å².